The molecule has 1 aromatic carbocycles. The molecule has 6 heteroatoms. The highest BCUT2D eigenvalue weighted by molar-refractivity contribution is 7.07. The van der Waals surface area contributed by atoms with E-state index in [9.17, 15) is 14.0 Å². The SMILES string of the molecule is O=C(COC(=O)Cc1ccsc1)NCc1ccc(F)cc1. The molecular weight excluding hydrogens is 293 g/mol. The van der Waals surface area contributed by atoms with Crippen LogP contribution in [-0.2, 0) is 27.3 Å². The van der Waals surface area contributed by atoms with Crippen LogP contribution in [0.5, 0.6) is 0 Å². The van der Waals surface area contributed by atoms with Crippen molar-refractivity contribution in [1.82, 2.24) is 5.32 Å². The Morgan fingerprint density at radius 3 is 2.57 bits per heavy atom. The number of ether oxygens (including phenoxy) is 1. The molecule has 0 radical (unpaired) electrons. The van der Waals surface area contributed by atoms with Gasteiger partial charge in [0.15, 0.2) is 6.61 Å². The first-order valence-electron chi connectivity index (χ1n) is 6.31. The van der Waals surface area contributed by atoms with Crippen LogP contribution in [0.25, 0.3) is 0 Å². The Bertz CT molecular complexity index is 596. The van der Waals surface area contributed by atoms with Gasteiger partial charge in [-0.1, -0.05) is 12.1 Å². The third kappa shape index (κ3) is 5.35. The molecule has 1 heterocycles. The second-order valence-corrected chi connectivity index (χ2v) is 5.15. The fourth-order valence-electron chi connectivity index (χ4n) is 1.61. The molecule has 0 aliphatic carbocycles. The van der Waals surface area contributed by atoms with Gasteiger partial charge >= 0.3 is 5.97 Å². The zero-order valence-corrected chi connectivity index (χ0v) is 12.0. The monoisotopic (exact) mass is 307 g/mol. The lowest BCUT2D eigenvalue weighted by Crippen LogP contribution is -2.28. The van der Waals surface area contributed by atoms with Gasteiger partial charge in [0.2, 0.25) is 0 Å². The van der Waals surface area contributed by atoms with Crippen LogP contribution in [0, 0.1) is 5.82 Å². The van der Waals surface area contributed by atoms with Crippen LogP contribution in [0.4, 0.5) is 4.39 Å². The number of amides is 1. The molecule has 2 aromatic rings. The molecule has 0 saturated carbocycles. The predicted octanol–water partition coefficient (Wildman–Crippen LogP) is 2.29. The first-order chi connectivity index (χ1) is 10.1. The van der Waals surface area contributed by atoms with E-state index in [1.807, 2.05) is 16.8 Å². The van der Waals surface area contributed by atoms with E-state index in [0.717, 1.165) is 11.1 Å². The van der Waals surface area contributed by atoms with Crippen LogP contribution in [0.3, 0.4) is 0 Å². The van der Waals surface area contributed by atoms with E-state index >= 15 is 0 Å². The molecule has 0 saturated heterocycles. The number of carbonyl (C=O) groups is 2. The van der Waals surface area contributed by atoms with Gasteiger partial charge in [-0.25, -0.2) is 4.39 Å². The van der Waals surface area contributed by atoms with Crippen molar-refractivity contribution in [3.05, 3.63) is 58.0 Å². The maximum atomic E-state index is 12.7. The first kappa shape index (κ1) is 15.2. The summed E-state index contributed by atoms with van der Waals surface area (Å²) in [6.45, 7) is -0.0502. The van der Waals surface area contributed by atoms with Crippen molar-refractivity contribution in [3.8, 4) is 0 Å². The van der Waals surface area contributed by atoms with Gasteiger partial charge in [-0.2, -0.15) is 11.3 Å². The Hall–Kier alpha value is -2.21. The van der Waals surface area contributed by atoms with Crippen molar-refractivity contribution in [2.24, 2.45) is 0 Å². The molecule has 21 heavy (non-hydrogen) atoms. The largest absolute Gasteiger partial charge is 0.455 e. The summed E-state index contributed by atoms with van der Waals surface area (Å²) in [5, 5.41) is 6.33. The topological polar surface area (TPSA) is 55.4 Å². The molecule has 0 aliphatic rings. The number of benzene rings is 1. The lowest BCUT2D eigenvalue weighted by atomic mass is 10.2. The van der Waals surface area contributed by atoms with E-state index in [2.05, 4.69) is 5.32 Å². The molecule has 2 rings (SSSR count). The Kier molecular flexibility index (Phi) is 5.45. The third-order valence-electron chi connectivity index (χ3n) is 2.70. The number of halogens is 1. The van der Waals surface area contributed by atoms with Crippen molar-refractivity contribution < 1.29 is 18.7 Å². The van der Waals surface area contributed by atoms with Gasteiger partial charge in [0.25, 0.3) is 5.91 Å². The molecule has 110 valence electrons. The summed E-state index contributed by atoms with van der Waals surface area (Å²) in [6.07, 6.45) is 0.161. The van der Waals surface area contributed by atoms with E-state index in [0.29, 0.717) is 0 Å². The quantitative estimate of drug-likeness (QED) is 0.833. The minimum atomic E-state index is -0.440. The average Bonchev–Trinajstić information content (AvgIpc) is 2.97. The van der Waals surface area contributed by atoms with Crippen LogP contribution in [0.15, 0.2) is 41.1 Å². The van der Waals surface area contributed by atoms with Gasteiger partial charge in [0, 0.05) is 6.54 Å². The Labute approximate surface area is 125 Å². The van der Waals surface area contributed by atoms with Gasteiger partial charge in [-0.05, 0) is 40.1 Å². The van der Waals surface area contributed by atoms with Crippen LogP contribution in [-0.4, -0.2) is 18.5 Å². The normalized spacial score (nSPS) is 10.1. The molecule has 1 aromatic heterocycles. The van der Waals surface area contributed by atoms with E-state index < -0.39 is 11.9 Å². The molecule has 0 bridgehead atoms. The smallest absolute Gasteiger partial charge is 0.310 e. The number of carbonyl (C=O) groups excluding carboxylic acids is 2. The second-order valence-electron chi connectivity index (χ2n) is 4.37. The second kappa shape index (κ2) is 7.54. The van der Waals surface area contributed by atoms with Gasteiger partial charge < -0.3 is 10.1 Å². The van der Waals surface area contributed by atoms with Gasteiger partial charge in [0.1, 0.15) is 5.82 Å². The van der Waals surface area contributed by atoms with E-state index in [1.54, 1.807) is 12.1 Å². The highest BCUT2D eigenvalue weighted by Gasteiger charge is 2.08. The number of hydrogen-bond acceptors (Lipinski definition) is 4. The molecule has 0 unspecified atom stereocenters. The molecule has 0 fully saturated rings. The van der Waals surface area contributed by atoms with Crippen LogP contribution >= 0.6 is 11.3 Å². The molecular formula is C15H14FNO3S. The van der Waals surface area contributed by atoms with Crippen LogP contribution < -0.4 is 5.32 Å². The fourth-order valence-corrected chi connectivity index (χ4v) is 2.28. The van der Waals surface area contributed by atoms with Crippen molar-refractivity contribution in [1.29, 1.82) is 0 Å². The number of nitrogens with one attached hydrogen (secondary N) is 1. The highest BCUT2D eigenvalue weighted by atomic mass is 32.1. The fraction of sp³-hybridized carbons (Fsp3) is 0.200. The van der Waals surface area contributed by atoms with Crippen molar-refractivity contribution in [2.45, 2.75) is 13.0 Å². The zero-order valence-electron chi connectivity index (χ0n) is 11.2. The number of esters is 1. The molecule has 4 nitrogen and oxygen atoms in total. The van der Waals surface area contributed by atoms with Crippen molar-refractivity contribution in [2.75, 3.05) is 6.61 Å². The zero-order chi connectivity index (χ0) is 15.1. The summed E-state index contributed by atoms with van der Waals surface area (Å²) in [6, 6.07) is 7.64. The lowest BCUT2D eigenvalue weighted by Gasteiger charge is -2.06. The van der Waals surface area contributed by atoms with Crippen molar-refractivity contribution in [3.63, 3.8) is 0 Å². The molecule has 1 N–H and O–H groups in total. The Morgan fingerprint density at radius 1 is 1.14 bits per heavy atom. The van der Waals surface area contributed by atoms with Gasteiger partial charge in [0.05, 0.1) is 6.42 Å². The molecule has 0 atom stereocenters. The van der Waals surface area contributed by atoms with E-state index in [4.69, 9.17) is 4.74 Å². The van der Waals surface area contributed by atoms with Gasteiger partial charge in [-0.15, -0.1) is 0 Å². The molecule has 1 amide bonds. The third-order valence-corrected chi connectivity index (χ3v) is 3.43. The number of hydrogen-bond donors (Lipinski definition) is 1. The van der Waals surface area contributed by atoms with Crippen molar-refractivity contribution >= 4 is 23.2 Å². The summed E-state index contributed by atoms with van der Waals surface area (Å²) < 4.78 is 17.6. The first-order valence-corrected chi connectivity index (χ1v) is 7.25. The maximum absolute atomic E-state index is 12.7. The Morgan fingerprint density at radius 2 is 1.90 bits per heavy atom. The molecule has 0 aliphatic heterocycles. The standard InChI is InChI=1S/C15H14FNO3S/c16-13-3-1-11(2-4-13)8-17-14(18)9-20-15(19)7-12-5-6-21-10-12/h1-6,10H,7-9H2,(H,17,18). The summed E-state index contributed by atoms with van der Waals surface area (Å²) >= 11 is 1.50. The van der Waals surface area contributed by atoms with Crippen LogP contribution in [0.2, 0.25) is 0 Å². The summed E-state index contributed by atoms with van der Waals surface area (Å²) in [7, 11) is 0. The predicted molar refractivity (Wildman–Crippen MR) is 77.2 cm³/mol. The van der Waals surface area contributed by atoms with Crippen LogP contribution in [0.1, 0.15) is 11.1 Å². The maximum Gasteiger partial charge on any atom is 0.310 e. The molecule has 0 spiro atoms. The lowest BCUT2D eigenvalue weighted by molar-refractivity contribution is -0.147. The number of rotatable bonds is 6. The van der Waals surface area contributed by atoms with Gasteiger partial charge in [-0.3, -0.25) is 9.59 Å². The van der Waals surface area contributed by atoms with E-state index in [-0.39, 0.29) is 25.4 Å². The minimum Gasteiger partial charge on any atom is -0.455 e. The highest BCUT2D eigenvalue weighted by Crippen LogP contribution is 2.07. The van der Waals surface area contributed by atoms with E-state index in [1.165, 1.54) is 23.5 Å². The summed E-state index contributed by atoms with van der Waals surface area (Å²) in [4.78, 5) is 23.0. The Balaban J connectivity index is 1.67. The average molecular weight is 307 g/mol. The minimum absolute atomic E-state index is 0.161. The summed E-state index contributed by atoms with van der Waals surface area (Å²) in [5.74, 6) is -1.16. The number of thiophene rings is 1. The summed E-state index contributed by atoms with van der Waals surface area (Å²) in [5.41, 5.74) is 1.64.